The zero-order valence-electron chi connectivity index (χ0n) is 11.7. The molecular weight excluding hydrogens is 312 g/mol. The van der Waals surface area contributed by atoms with Crippen molar-refractivity contribution < 1.29 is 4.79 Å². The highest BCUT2D eigenvalue weighted by Crippen LogP contribution is 2.25. The third kappa shape index (κ3) is 3.76. The van der Waals surface area contributed by atoms with Crippen LogP contribution in [0, 0.1) is 0 Å². The zero-order valence-corrected chi connectivity index (χ0v) is 13.3. The van der Waals surface area contributed by atoms with Crippen LogP contribution >= 0.6 is 23.3 Å². The standard InChI is InChI=1S/C17H14N2OS2/c20-17(18-19-22-15-8-2-1-3-9-15)14-7-4-6-13(12-14)16-10-5-11-21-16/h1-12,19H,(H,18,20). The van der Waals surface area contributed by atoms with E-state index in [1.807, 2.05) is 66.0 Å². The number of carbonyl (C=O) groups is 1. The Balaban J connectivity index is 1.62. The van der Waals surface area contributed by atoms with Gasteiger partial charge in [0.1, 0.15) is 0 Å². The molecule has 110 valence electrons. The van der Waals surface area contributed by atoms with E-state index < -0.39 is 0 Å². The number of hydrazine groups is 1. The Morgan fingerprint density at radius 2 is 1.82 bits per heavy atom. The van der Waals surface area contributed by atoms with Gasteiger partial charge >= 0.3 is 0 Å². The van der Waals surface area contributed by atoms with E-state index in [1.54, 1.807) is 17.4 Å². The van der Waals surface area contributed by atoms with E-state index in [0.29, 0.717) is 5.56 Å². The third-order valence-corrected chi connectivity index (χ3v) is 4.64. The van der Waals surface area contributed by atoms with Crippen LogP contribution in [0.1, 0.15) is 10.4 Å². The molecule has 0 spiro atoms. The molecule has 1 heterocycles. The van der Waals surface area contributed by atoms with Crippen LogP contribution in [0.4, 0.5) is 0 Å². The van der Waals surface area contributed by atoms with Crippen LogP contribution in [-0.4, -0.2) is 5.91 Å². The van der Waals surface area contributed by atoms with Gasteiger partial charge in [-0.3, -0.25) is 10.2 Å². The van der Waals surface area contributed by atoms with Crippen LogP contribution in [0.5, 0.6) is 0 Å². The first-order chi connectivity index (χ1) is 10.8. The summed E-state index contributed by atoms with van der Waals surface area (Å²) in [6.07, 6.45) is 0. The largest absolute Gasteiger partial charge is 0.277 e. The van der Waals surface area contributed by atoms with Crippen molar-refractivity contribution in [3.05, 3.63) is 77.7 Å². The van der Waals surface area contributed by atoms with E-state index >= 15 is 0 Å². The Morgan fingerprint density at radius 3 is 2.59 bits per heavy atom. The smallest absolute Gasteiger partial charge is 0.266 e. The van der Waals surface area contributed by atoms with Gasteiger partial charge in [-0.25, -0.2) is 0 Å². The van der Waals surface area contributed by atoms with Gasteiger partial charge in [-0.1, -0.05) is 36.4 Å². The van der Waals surface area contributed by atoms with Crippen molar-refractivity contribution in [3.8, 4) is 10.4 Å². The first-order valence-corrected chi connectivity index (χ1v) is 8.44. The van der Waals surface area contributed by atoms with Crippen LogP contribution in [0.25, 0.3) is 10.4 Å². The molecule has 0 saturated heterocycles. The number of hydrogen-bond acceptors (Lipinski definition) is 4. The summed E-state index contributed by atoms with van der Waals surface area (Å²) in [7, 11) is 0. The highest BCUT2D eigenvalue weighted by atomic mass is 32.2. The summed E-state index contributed by atoms with van der Waals surface area (Å²) in [6, 6.07) is 21.5. The molecule has 2 aromatic carbocycles. The molecule has 0 radical (unpaired) electrons. The van der Waals surface area contributed by atoms with Crippen molar-refractivity contribution in [1.29, 1.82) is 0 Å². The fourth-order valence-corrected chi connectivity index (χ4v) is 3.23. The van der Waals surface area contributed by atoms with Gasteiger partial charge in [-0.15, -0.1) is 11.3 Å². The summed E-state index contributed by atoms with van der Waals surface area (Å²) >= 11 is 3.03. The number of amides is 1. The van der Waals surface area contributed by atoms with Crippen LogP contribution in [0.3, 0.4) is 0 Å². The molecule has 3 nitrogen and oxygen atoms in total. The Morgan fingerprint density at radius 1 is 0.955 bits per heavy atom. The van der Waals surface area contributed by atoms with Crippen molar-refractivity contribution in [2.75, 3.05) is 0 Å². The topological polar surface area (TPSA) is 41.1 Å². The predicted octanol–water partition coefficient (Wildman–Crippen LogP) is 4.36. The molecule has 3 aromatic rings. The highest BCUT2D eigenvalue weighted by Gasteiger charge is 2.07. The molecule has 5 heteroatoms. The van der Waals surface area contributed by atoms with Crippen molar-refractivity contribution in [2.45, 2.75) is 4.90 Å². The van der Waals surface area contributed by atoms with E-state index in [2.05, 4.69) is 10.3 Å². The molecule has 1 amide bonds. The monoisotopic (exact) mass is 326 g/mol. The Kier molecular flexibility index (Phi) is 4.90. The molecule has 0 aliphatic heterocycles. The number of thiophene rings is 1. The molecule has 0 bridgehead atoms. The lowest BCUT2D eigenvalue weighted by Crippen LogP contribution is -2.32. The molecule has 2 N–H and O–H groups in total. The zero-order chi connectivity index (χ0) is 15.2. The van der Waals surface area contributed by atoms with Crippen LogP contribution in [-0.2, 0) is 0 Å². The number of hydrogen-bond donors (Lipinski definition) is 2. The van der Waals surface area contributed by atoms with Gasteiger partial charge in [0.05, 0.1) is 0 Å². The number of carbonyl (C=O) groups excluding carboxylic acids is 1. The maximum absolute atomic E-state index is 12.2. The van der Waals surface area contributed by atoms with Gasteiger partial charge in [0.25, 0.3) is 5.91 Å². The van der Waals surface area contributed by atoms with Crippen molar-refractivity contribution in [3.63, 3.8) is 0 Å². The van der Waals surface area contributed by atoms with E-state index in [1.165, 1.54) is 11.9 Å². The fraction of sp³-hybridized carbons (Fsp3) is 0. The maximum atomic E-state index is 12.2. The van der Waals surface area contributed by atoms with Crippen LogP contribution < -0.4 is 10.3 Å². The van der Waals surface area contributed by atoms with Gasteiger partial charge in [0.2, 0.25) is 0 Å². The number of benzene rings is 2. The van der Waals surface area contributed by atoms with Gasteiger partial charge in [0.15, 0.2) is 0 Å². The number of nitrogens with one attached hydrogen (secondary N) is 2. The van der Waals surface area contributed by atoms with Crippen molar-refractivity contribution >= 4 is 29.2 Å². The van der Waals surface area contributed by atoms with Gasteiger partial charge in [-0.05, 0) is 53.2 Å². The Bertz CT molecular complexity index is 742. The van der Waals surface area contributed by atoms with Crippen molar-refractivity contribution in [1.82, 2.24) is 10.3 Å². The van der Waals surface area contributed by atoms with Gasteiger partial charge < -0.3 is 0 Å². The first kappa shape index (κ1) is 14.8. The summed E-state index contributed by atoms with van der Waals surface area (Å²) in [5, 5.41) is 2.03. The minimum atomic E-state index is -0.151. The Labute approximate surface area is 137 Å². The second-order valence-electron chi connectivity index (χ2n) is 4.53. The summed E-state index contributed by atoms with van der Waals surface area (Å²) in [5.41, 5.74) is 4.38. The molecule has 0 aliphatic rings. The lowest BCUT2D eigenvalue weighted by molar-refractivity contribution is 0.0947. The fourth-order valence-electron chi connectivity index (χ4n) is 1.95. The van der Waals surface area contributed by atoms with Gasteiger partial charge in [-0.2, -0.15) is 4.83 Å². The average Bonchev–Trinajstić information content (AvgIpc) is 3.10. The lowest BCUT2D eigenvalue weighted by Gasteiger charge is -2.07. The molecule has 0 unspecified atom stereocenters. The third-order valence-electron chi connectivity index (χ3n) is 3.01. The second-order valence-corrected chi connectivity index (χ2v) is 6.36. The number of rotatable bonds is 5. The molecular formula is C17H14N2OS2. The Hall–Kier alpha value is -2.08. The highest BCUT2D eigenvalue weighted by molar-refractivity contribution is 7.97. The molecule has 0 aliphatic carbocycles. The summed E-state index contributed by atoms with van der Waals surface area (Å²) in [4.78, 5) is 17.2. The van der Waals surface area contributed by atoms with Crippen molar-refractivity contribution in [2.24, 2.45) is 0 Å². The summed E-state index contributed by atoms with van der Waals surface area (Å²) < 4.78 is 0. The van der Waals surface area contributed by atoms with Crippen LogP contribution in [0.2, 0.25) is 0 Å². The molecule has 0 saturated carbocycles. The SMILES string of the molecule is O=C(NNSc1ccccc1)c1cccc(-c2cccs2)c1. The predicted molar refractivity (Wildman–Crippen MR) is 92.7 cm³/mol. The summed E-state index contributed by atoms with van der Waals surface area (Å²) in [5.74, 6) is -0.151. The second kappa shape index (κ2) is 7.26. The first-order valence-electron chi connectivity index (χ1n) is 6.74. The van der Waals surface area contributed by atoms with Gasteiger partial charge in [0, 0.05) is 15.3 Å². The molecule has 1 aromatic heterocycles. The minimum Gasteiger partial charge on any atom is -0.277 e. The van der Waals surface area contributed by atoms with E-state index in [9.17, 15) is 4.79 Å². The lowest BCUT2D eigenvalue weighted by atomic mass is 10.1. The summed E-state index contributed by atoms with van der Waals surface area (Å²) in [6.45, 7) is 0. The molecule has 0 atom stereocenters. The van der Waals surface area contributed by atoms with Crippen LogP contribution in [0.15, 0.2) is 77.0 Å². The van der Waals surface area contributed by atoms with E-state index in [4.69, 9.17) is 0 Å². The quantitative estimate of drug-likeness (QED) is 0.541. The minimum absolute atomic E-state index is 0.151. The maximum Gasteiger partial charge on any atom is 0.266 e. The molecule has 0 fully saturated rings. The van der Waals surface area contributed by atoms with E-state index in [0.717, 1.165) is 15.3 Å². The average molecular weight is 326 g/mol. The van der Waals surface area contributed by atoms with E-state index in [-0.39, 0.29) is 5.91 Å². The molecule has 22 heavy (non-hydrogen) atoms. The normalized spacial score (nSPS) is 10.4. The molecule has 3 rings (SSSR count).